The quantitative estimate of drug-likeness (QED) is 0.505. The Morgan fingerprint density at radius 2 is 1.75 bits per heavy atom. The van der Waals surface area contributed by atoms with Crippen molar-refractivity contribution in [1.82, 2.24) is 0 Å². The van der Waals surface area contributed by atoms with Crippen molar-refractivity contribution in [3.63, 3.8) is 0 Å². The van der Waals surface area contributed by atoms with Crippen molar-refractivity contribution >= 4 is 5.78 Å². The van der Waals surface area contributed by atoms with Crippen LogP contribution in [0, 0.1) is 0 Å². The SMILES string of the molecule is CCCCCC(=O)c1ccc(C(C)C)cc1. The second-order valence-electron chi connectivity index (χ2n) is 4.66. The van der Waals surface area contributed by atoms with Crippen LogP contribution in [-0.4, -0.2) is 5.78 Å². The minimum atomic E-state index is 0.281. The topological polar surface area (TPSA) is 17.1 Å². The lowest BCUT2D eigenvalue weighted by Crippen LogP contribution is -1.99. The van der Waals surface area contributed by atoms with Gasteiger partial charge < -0.3 is 0 Å². The minimum absolute atomic E-state index is 0.281. The van der Waals surface area contributed by atoms with E-state index < -0.39 is 0 Å². The van der Waals surface area contributed by atoms with E-state index in [4.69, 9.17) is 0 Å². The molecule has 0 aromatic heterocycles. The smallest absolute Gasteiger partial charge is 0.162 e. The van der Waals surface area contributed by atoms with Crippen molar-refractivity contribution in [2.75, 3.05) is 0 Å². The van der Waals surface area contributed by atoms with E-state index >= 15 is 0 Å². The zero-order valence-electron chi connectivity index (χ0n) is 10.6. The summed E-state index contributed by atoms with van der Waals surface area (Å²) in [6.45, 7) is 6.48. The standard InChI is InChI=1S/C15H22O/c1-4-5-6-7-15(16)14-10-8-13(9-11-14)12(2)3/h8-12H,4-7H2,1-3H3. The molecule has 0 amide bonds. The summed E-state index contributed by atoms with van der Waals surface area (Å²) < 4.78 is 0. The summed E-state index contributed by atoms with van der Waals surface area (Å²) >= 11 is 0. The molecule has 0 fully saturated rings. The van der Waals surface area contributed by atoms with Gasteiger partial charge in [-0.3, -0.25) is 4.79 Å². The van der Waals surface area contributed by atoms with Crippen LogP contribution in [0.4, 0.5) is 0 Å². The van der Waals surface area contributed by atoms with E-state index in [9.17, 15) is 4.79 Å². The van der Waals surface area contributed by atoms with Crippen molar-refractivity contribution in [2.45, 2.75) is 52.4 Å². The fourth-order valence-electron chi connectivity index (χ4n) is 1.73. The summed E-state index contributed by atoms with van der Waals surface area (Å²) in [5, 5.41) is 0. The zero-order chi connectivity index (χ0) is 12.0. The normalized spacial score (nSPS) is 10.8. The van der Waals surface area contributed by atoms with E-state index in [-0.39, 0.29) is 5.78 Å². The van der Waals surface area contributed by atoms with E-state index in [1.807, 2.05) is 12.1 Å². The lowest BCUT2D eigenvalue weighted by Gasteiger charge is -2.06. The molecule has 1 nitrogen and oxygen atoms in total. The maximum atomic E-state index is 11.8. The molecule has 88 valence electrons. The van der Waals surface area contributed by atoms with Crippen molar-refractivity contribution in [3.8, 4) is 0 Å². The third kappa shape index (κ3) is 3.80. The summed E-state index contributed by atoms with van der Waals surface area (Å²) in [7, 11) is 0. The molecule has 1 aromatic rings. The lowest BCUT2D eigenvalue weighted by molar-refractivity contribution is 0.0979. The van der Waals surface area contributed by atoms with Crippen LogP contribution in [0.25, 0.3) is 0 Å². The average Bonchev–Trinajstić information content (AvgIpc) is 2.29. The summed E-state index contributed by atoms with van der Waals surface area (Å²) in [5.74, 6) is 0.813. The van der Waals surface area contributed by atoms with Gasteiger partial charge in [-0.1, -0.05) is 57.9 Å². The second-order valence-corrected chi connectivity index (χ2v) is 4.66. The fraction of sp³-hybridized carbons (Fsp3) is 0.533. The number of unbranched alkanes of at least 4 members (excludes halogenated alkanes) is 2. The van der Waals surface area contributed by atoms with Gasteiger partial charge in [0.2, 0.25) is 0 Å². The fourth-order valence-corrected chi connectivity index (χ4v) is 1.73. The maximum absolute atomic E-state index is 11.8. The van der Waals surface area contributed by atoms with Crippen LogP contribution < -0.4 is 0 Å². The molecular formula is C15H22O. The molecule has 0 unspecified atom stereocenters. The molecule has 0 aliphatic heterocycles. The van der Waals surface area contributed by atoms with Crippen LogP contribution in [0.15, 0.2) is 24.3 Å². The Labute approximate surface area is 98.9 Å². The molecule has 0 spiro atoms. The van der Waals surface area contributed by atoms with Crippen LogP contribution in [0.5, 0.6) is 0 Å². The van der Waals surface area contributed by atoms with Crippen molar-refractivity contribution in [3.05, 3.63) is 35.4 Å². The molecule has 0 aliphatic rings. The van der Waals surface area contributed by atoms with Crippen LogP contribution in [0.2, 0.25) is 0 Å². The Bertz CT molecular complexity index is 322. The third-order valence-electron chi connectivity index (χ3n) is 2.91. The van der Waals surface area contributed by atoms with Gasteiger partial charge in [-0.15, -0.1) is 0 Å². The van der Waals surface area contributed by atoms with Gasteiger partial charge in [-0.05, 0) is 17.9 Å². The molecule has 0 N–H and O–H groups in total. The van der Waals surface area contributed by atoms with Gasteiger partial charge in [0.15, 0.2) is 5.78 Å². The van der Waals surface area contributed by atoms with Crippen LogP contribution >= 0.6 is 0 Å². The zero-order valence-corrected chi connectivity index (χ0v) is 10.6. The molecule has 1 heteroatoms. The number of hydrogen-bond donors (Lipinski definition) is 0. The average molecular weight is 218 g/mol. The monoisotopic (exact) mass is 218 g/mol. The first-order chi connectivity index (χ1) is 7.65. The number of carbonyl (C=O) groups excluding carboxylic acids is 1. The number of rotatable bonds is 6. The second kappa shape index (κ2) is 6.47. The molecule has 0 radical (unpaired) electrons. The highest BCUT2D eigenvalue weighted by molar-refractivity contribution is 5.96. The number of carbonyl (C=O) groups is 1. The summed E-state index contributed by atoms with van der Waals surface area (Å²) in [5.41, 5.74) is 2.16. The Hall–Kier alpha value is -1.11. The van der Waals surface area contributed by atoms with Crippen molar-refractivity contribution < 1.29 is 4.79 Å². The molecule has 1 aromatic carbocycles. The van der Waals surface area contributed by atoms with Crippen LogP contribution in [0.1, 0.15) is 68.3 Å². The maximum Gasteiger partial charge on any atom is 0.162 e. The highest BCUT2D eigenvalue weighted by Crippen LogP contribution is 2.16. The van der Waals surface area contributed by atoms with Gasteiger partial charge in [0.1, 0.15) is 0 Å². The van der Waals surface area contributed by atoms with E-state index in [1.165, 1.54) is 12.0 Å². The molecule has 0 heterocycles. The van der Waals surface area contributed by atoms with Crippen LogP contribution in [-0.2, 0) is 0 Å². The van der Waals surface area contributed by atoms with Crippen LogP contribution in [0.3, 0.4) is 0 Å². The van der Waals surface area contributed by atoms with Gasteiger partial charge in [0.05, 0.1) is 0 Å². The summed E-state index contributed by atoms with van der Waals surface area (Å²) in [6.07, 6.45) is 4.02. The van der Waals surface area contributed by atoms with Gasteiger partial charge >= 0.3 is 0 Å². The number of hydrogen-bond acceptors (Lipinski definition) is 1. The molecule has 16 heavy (non-hydrogen) atoms. The number of Topliss-reactive ketones (excluding diaryl/α,β-unsaturated/α-hetero) is 1. The molecule has 1 rings (SSSR count). The number of benzene rings is 1. The summed E-state index contributed by atoms with van der Waals surface area (Å²) in [6, 6.07) is 8.06. The Morgan fingerprint density at radius 3 is 2.25 bits per heavy atom. The summed E-state index contributed by atoms with van der Waals surface area (Å²) in [4.78, 5) is 11.8. The van der Waals surface area contributed by atoms with Gasteiger partial charge in [-0.2, -0.15) is 0 Å². The molecule has 0 saturated carbocycles. The predicted octanol–water partition coefficient (Wildman–Crippen LogP) is 4.57. The van der Waals surface area contributed by atoms with Gasteiger partial charge in [0, 0.05) is 12.0 Å². The highest BCUT2D eigenvalue weighted by atomic mass is 16.1. The number of ketones is 1. The first-order valence-corrected chi connectivity index (χ1v) is 6.28. The predicted molar refractivity (Wildman–Crippen MR) is 69.0 cm³/mol. The van der Waals surface area contributed by atoms with Crippen molar-refractivity contribution in [2.24, 2.45) is 0 Å². The third-order valence-corrected chi connectivity index (χ3v) is 2.91. The Balaban J connectivity index is 2.56. The minimum Gasteiger partial charge on any atom is -0.294 e. The van der Waals surface area contributed by atoms with E-state index in [0.717, 1.165) is 18.4 Å². The highest BCUT2D eigenvalue weighted by Gasteiger charge is 2.06. The first kappa shape index (κ1) is 13.0. The Kier molecular flexibility index (Phi) is 5.24. The first-order valence-electron chi connectivity index (χ1n) is 6.28. The van der Waals surface area contributed by atoms with Gasteiger partial charge in [-0.25, -0.2) is 0 Å². The molecule has 0 aliphatic carbocycles. The molecule has 0 saturated heterocycles. The largest absolute Gasteiger partial charge is 0.294 e. The molecule has 0 atom stereocenters. The lowest BCUT2D eigenvalue weighted by atomic mass is 9.99. The van der Waals surface area contributed by atoms with Crippen molar-refractivity contribution in [1.29, 1.82) is 0 Å². The van der Waals surface area contributed by atoms with E-state index in [1.54, 1.807) is 0 Å². The molecular weight excluding hydrogens is 196 g/mol. The Morgan fingerprint density at radius 1 is 1.12 bits per heavy atom. The van der Waals surface area contributed by atoms with E-state index in [2.05, 4.69) is 32.9 Å². The van der Waals surface area contributed by atoms with E-state index in [0.29, 0.717) is 12.3 Å². The molecule has 0 bridgehead atoms. The van der Waals surface area contributed by atoms with Gasteiger partial charge in [0.25, 0.3) is 0 Å².